The van der Waals surface area contributed by atoms with Gasteiger partial charge in [0.2, 0.25) is 0 Å². The molecule has 1 amide bonds. The maximum Gasteiger partial charge on any atom is 0.416 e. The molecule has 150 valence electrons. The number of rotatable bonds is 7. The average molecular weight is 394 g/mol. The SMILES string of the molecule is COCc1ccccc1NC(N)=NCCNC(=O)c1ccc(C(F)(F)F)cc1. The molecule has 0 radical (unpaired) electrons. The van der Waals surface area contributed by atoms with Gasteiger partial charge in [-0.1, -0.05) is 18.2 Å². The van der Waals surface area contributed by atoms with Crippen LogP contribution in [0.4, 0.5) is 18.9 Å². The molecule has 0 saturated carbocycles. The van der Waals surface area contributed by atoms with Crippen LogP contribution in [0, 0.1) is 0 Å². The van der Waals surface area contributed by atoms with E-state index in [-0.39, 0.29) is 24.6 Å². The van der Waals surface area contributed by atoms with Gasteiger partial charge in [0.25, 0.3) is 5.91 Å². The topological polar surface area (TPSA) is 88.7 Å². The number of guanidine groups is 1. The molecule has 0 unspecified atom stereocenters. The Morgan fingerprint density at radius 2 is 1.82 bits per heavy atom. The molecule has 0 saturated heterocycles. The fraction of sp³-hybridized carbons (Fsp3) is 0.263. The van der Waals surface area contributed by atoms with Crippen LogP contribution >= 0.6 is 0 Å². The second-order valence-corrected chi connectivity index (χ2v) is 5.81. The van der Waals surface area contributed by atoms with Gasteiger partial charge in [0.15, 0.2) is 5.96 Å². The molecule has 0 aliphatic rings. The van der Waals surface area contributed by atoms with E-state index in [1.54, 1.807) is 7.11 Å². The Labute approximate surface area is 160 Å². The van der Waals surface area contributed by atoms with Crippen molar-refractivity contribution in [3.8, 4) is 0 Å². The van der Waals surface area contributed by atoms with Gasteiger partial charge in [-0.3, -0.25) is 9.79 Å². The summed E-state index contributed by atoms with van der Waals surface area (Å²) in [7, 11) is 1.59. The maximum atomic E-state index is 12.5. The van der Waals surface area contributed by atoms with Gasteiger partial charge in [-0.25, -0.2) is 0 Å². The number of nitrogens with two attached hydrogens (primary N) is 1. The summed E-state index contributed by atoms with van der Waals surface area (Å²) < 4.78 is 42.7. The van der Waals surface area contributed by atoms with Crippen LogP contribution in [-0.2, 0) is 17.5 Å². The number of anilines is 1. The Morgan fingerprint density at radius 3 is 2.46 bits per heavy atom. The number of nitrogens with zero attached hydrogens (tertiary/aromatic N) is 1. The van der Waals surface area contributed by atoms with Crippen molar-refractivity contribution in [2.75, 3.05) is 25.5 Å². The molecule has 0 fully saturated rings. The Morgan fingerprint density at radius 1 is 1.14 bits per heavy atom. The lowest BCUT2D eigenvalue weighted by molar-refractivity contribution is -0.137. The maximum absolute atomic E-state index is 12.5. The lowest BCUT2D eigenvalue weighted by Gasteiger charge is -2.11. The first kappa shape index (κ1) is 21.2. The quantitative estimate of drug-likeness (QED) is 0.383. The number of para-hydroxylation sites is 1. The summed E-state index contributed by atoms with van der Waals surface area (Å²) in [6.45, 7) is 0.805. The highest BCUT2D eigenvalue weighted by Crippen LogP contribution is 2.29. The van der Waals surface area contributed by atoms with Crippen LogP contribution in [0.5, 0.6) is 0 Å². The lowest BCUT2D eigenvalue weighted by atomic mass is 10.1. The number of amides is 1. The van der Waals surface area contributed by atoms with Crippen molar-refractivity contribution in [2.24, 2.45) is 10.7 Å². The molecular weight excluding hydrogens is 373 g/mol. The summed E-state index contributed by atoms with van der Waals surface area (Å²) in [6, 6.07) is 11.4. The molecule has 0 aliphatic carbocycles. The summed E-state index contributed by atoms with van der Waals surface area (Å²) in [5, 5.41) is 5.54. The van der Waals surface area contributed by atoms with Gasteiger partial charge in [-0.15, -0.1) is 0 Å². The highest BCUT2D eigenvalue weighted by Gasteiger charge is 2.30. The number of ether oxygens (including phenoxy) is 1. The van der Waals surface area contributed by atoms with Gasteiger partial charge in [0.05, 0.1) is 18.7 Å². The number of carbonyl (C=O) groups excluding carboxylic acids is 1. The third-order valence-electron chi connectivity index (χ3n) is 3.73. The summed E-state index contributed by atoms with van der Waals surface area (Å²) in [5.74, 6) is -0.312. The first-order valence-electron chi connectivity index (χ1n) is 8.40. The molecule has 2 aromatic carbocycles. The zero-order chi connectivity index (χ0) is 20.6. The number of carbonyl (C=O) groups is 1. The molecule has 0 heterocycles. The number of benzene rings is 2. The summed E-state index contributed by atoms with van der Waals surface area (Å²) >= 11 is 0. The van der Waals surface area contributed by atoms with E-state index in [1.807, 2.05) is 24.3 Å². The Bertz CT molecular complexity index is 821. The van der Waals surface area contributed by atoms with E-state index >= 15 is 0 Å². The van der Waals surface area contributed by atoms with E-state index in [9.17, 15) is 18.0 Å². The summed E-state index contributed by atoms with van der Waals surface area (Å²) in [4.78, 5) is 16.1. The van der Waals surface area contributed by atoms with Crippen molar-refractivity contribution in [1.82, 2.24) is 5.32 Å². The third-order valence-corrected chi connectivity index (χ3v) is 3.73. The molecule has 0 aliphatic heterocycles. The molecule has 6 nitrogen and oxygen atoms in total. The highest BCUT2D eigenvalue weighted by atomic mass is 19.4. The van der Waals surface area contributed by atoms with Gasteiger partial charge >= 0.3 is 6.18 Å². The van der Waals surface area contributed by atoms with Crippen LogP contribution in [0.15, 0.2) is 53.5 Å². The zero-order valence-corrected chi connectivity index (χ0v) is 15.2. The molecule has 0 aromatic heterocycles. The molecule has 28 heavy (non-hydrogen) atoms. The Hall–Kier alpha value is -3.07. The monoisotopic (exact) mass is 394 g/mol. The highest BCUT2D eigenvalue weighted by molar-refractivity contribution is 5.94. The van der Waals surface area contributed by atoms with E-state index < -0.39 is 17.6 Å². The first-order valence-corrected chi connectivity index (χ1v) is 8.40. The number of aliphatic imine (C=N–C) groups is 1. The van der Waals surface area contributed by atoms with Gasteiger partial charge in [0.1, 0.15) is 0 Å². The Balaban J connectivity index is 1.83. The predicted molar refractivity (Wildman–Crippen MR) is 101 cm³/mol. The van der Waals surface area contributed by atoms with Crippen LogP contribution in [-0.4, -0.2) is 32.1 Å². The largest absolute Gasteiger partial charge is 0.416 e. The van der Waals surface area contributed by atoms with E-state index in [0.29, 0.717) is 6.61 Å². The standard InChI is InChI=1S/C19H21F3N4O2/c1-28-12-14-4-2-3-5-16(14)26-18(23)25-11-10-24-17(27)13-6-8-15(9-7-13)19(20,21)22/h2-9H,10-12H2,1H3,(H,24,27)(H3,23,25,26). The van der Waals surface area contributed by atoms with Crippen molar-refractivity contribution in [3.63, 3.8) is 0 Å². The van der Waals surface area contributed by atoms with Crippen LogP contribution in [0.3, 0.4) is 0 Å². The number of nitrogens with one attached hydrogen (secondary N) is 2. The minimum Gasteiger partial charge on any atom is -0.380 e. The minimum atomic E-state index is -4.43. The number of alkyl halides is 3. The number of hydrogen-bond donors (Lipinski definition) is 3. The summed E-state index contributed by atoms with van der Waals surface area (Å²) in [5.41, 5.74) is 6.85. The molecule has 9 heteroatoms. The zero-order valence-electron chi connectivity index (χ0n) is 15.2. The fourth-order valence-electron chi connectivity index (χ4n) is 2.36. The van der Waals surface area contributed by atoms with Crippen molar-refractivity contribution < 1.29 is 22.7 Å². The number of methoxy groups -OCH3 is 1. The molecule has 2 rings (SSSR count). The lowest BCUT2D eigenvalue weighted by Crippen LogP contribution is -2.28. The van der Waals surface area contributed by atoms with E-state index in [2.05, 4.69) is 15.6 Å². The number of hydrogen-bond acceptors (Lipinski definition) is 3. The third kappa shape index (κ3) is 6.27. The predicted octanol–water partition coefficient (Wildman–Crippen LogP) is 3.01. The molecule has 0 spiro atoms. The van der Waals surface area contributed by atoms with Gasteiger partial charge in [0, 0.05) is 30.5 Å². The van der Waals surface area contributed by atoms with Crippen LogP contribution in [0.1, 0.15) is 21.5 Å². The smallest absolute Gasteiger partial charge is 0.380 e. The van der Waals surface area contributed by atoms with E-state index in [1.165, 1.54) is 0 Å². The van der Waals surface area contributed by atoms with Gasteiger partial charge < -0.3 is 21.1 Å². The number of halogens is 3. The molecule has 0 bridgehead atoms. The minimum absolute atomic E-state index is 0.136. The van der Waals surface area contributed by atoms with E-state index in [4.69, 9.17) is 10.5 Å². The molecule has 4 N–H and O–H groups in total. The van der Waals surface area contributed by atoms with Crippen LogP contribution < -0.4 is 16.4 Å². The average Bonchev–Trinajstić information content (AvgIpc) is 2.66. The fourth-order valence-corrected chi connectivity index (χ4v) is 2.36. The first-order chi connectivity index (χ1) is 13.3. The molecule has 2 aromatic rings. The van der Waals surface area contributed by atoms with Crippen LogP contribution in [0.2, 0.25) is 0 Å². The normalized spacial score (nSPS) is 11.9. The molecular formula is C19H21F3N4O2. The van der Waals surface area contributed by atoms with Crippen molar-refractivity contribution in [3.05, 3.63) is 65.2 Å². The van der Waals surface area contributed by atoms with Crippen LogP contribution in [0.25, 0.3) is 0 Å². The van der Waals surface area contributed by atoms with Gasteiger partial charge in [-0.2, -0.15) is 13.2 Å². The van der Waals surface area contributed by atoms with Crippen molar-refractivity contribution in [1.29, 1.82) is 0 Å². The Kier molecular flexibility index (Phi) is 7.39. The van der Waals surface area contributed by atoms with E-state index in [0.717, 1.165) is 35.5 Å². The van der Waals surface area contributed by atoms with Crippen molar-refractivity contribution >= 4 is 17.6 Å². The molecule has 0 atom stereocenters. The van der Waals surface area contributed by atoms with Gasteiger partial charge in [-0.05, 0) is 30.3 Å². The van der Waals surface area contributed by atoms with Crippen molar-refractivity contribution in [2.45, 2.75) is 12.8 Å². The second kappa shape index (κ2) is 9.75. The second-order valence-electron chi connectivity index (χ2n) is 5.81. The summed E-state index contributed by atoms with van der Waals surface area (Å²) in [6.07, 6.45) is -4.43.